The normalized spacial score (nSPS) is 10.3. The lowest BCUT2D eigenvalue weighted by Gasteiger charge is -2.07. The number of carbonyl (C=O) groups is 1. The monoisotopic (exact) mass is 293 g/mol. The van der Waals surface area contributed by atoms with Gasteiger partial charge in [-0.25, -0.2) is 9.78 Å². The van der Waals surface area contributed by atoms with Gasteiger partial charge in [0.05, 0.1) is 18.5 Å². The molecule has 20 heavy (non-hydrogen) atoms. The Bertz CT molecular complexity index is 695. The minimum atomic E-state index is -0.754. The zero-order valence-electron chi connectivity index (χ0n) is 10.6. The number of nitrogens with one attached hydrogen (secondary N) is 1. The van der Waals surface area contributed by atoms with E-state index in [-0.39, 0.29) is 12.3 Å². The summed E-state index contributed by atoms with van der Waals surface area (Å²) in [6, 6.07) is 6.73. The number of carbonyl (C=O) groups excluding carboxylic acids is 1. The Kier molecular flexibility index (Phi) is 4.05. The van der Waals surface area contributed by atoms with Crippen LogP contribution in [0.25, 0.3) is 11.3 Å². The molecule has 104 valence electrons. The summed E-state index contributed by atoms with van der Waals surface area (Å²) in [7, 11) is 0. The van der Waals surface area contributed by atoms with Gasteiger partial charge in [-0.2, -0.15) is 4.73 Å². The van der Waals surface area contributed by atoms with Crippen LogP contribution < -0.4 is 5.49 Å². The molecule has 2 aromatic rings. The van der Waals surface area contributed by atoms with Crippen molar-refractivity contribution in [1.82, 2.24) is 9.71 Å². The van der Waals surface area contributed by atoms with Gasteiger partial charge in [0.2, 0.25) is 0 Å². The van der Waals surface area contributed by atoms with E-state index in [0.29, 0.717) is 21.0 Å². The molecule has 0 saturated carbocycles. The van der Waals surface area contributed by atoms with Gasteiger partial charge in [-0.1, -0.05) is 23.7 Å². The molecule has 0 aliphatic rings. The number of halogens is 1. The Morgan fingerprint density at radius 2 is 2.10 bits per heavy atom. The highest BCUT2D eigenvalue weighted by Gasteiger charge is 2.15. The number of hydrogen-bond acceptors (Lipinski definition) is 5. The topological polar surface area (TPSA) is 88.2 Å². The first-order valence-electron chi connectivity index (χ1n) is 5.83. The van der Waals surface area contributed by atoms with Crippen LogP contribution in [0.1, 0.15) is 17.4 Å². The van der Waals surface area contributed by atoms with Crippen LogP contribution in [-0.4, -0.2) is 27.5 Å². The molecule has 0 unspecified atom stereocenters. The van der Waals surface area contributed by atoms with Crippen LogP contribution in [0.3, 0.4) is 0 Å². The number of ether oxygens (including phenoxy) is 1. The molecule has 0 atom stereocenters. The third-order valence-electron chi connectivity index (χ3n) is 2.54. The minimum Gasteiger partial charge on any atom is -0.461 e. The van der Waals surface area contributed by atoms with Crippen molar-refractivity contribution < 1.29 is 14.7 Å². The first-order chi connectivity index (χ1) is 9.52. The van der Waals surface area contributed by atoms with Crippen molar-refractivity contribution in [2.75, 3.05) is 6.61 Å². The molecule has 1 aromatic carbocycles. The Labute approximate surface area is 119 Å². The van der Waals surface area contributed by atoms with Crippen LogP contribution in [0, 0.1) is 5.41 Å². The second-order valence-corrected chi connectivity index (χ2v) is 4.33. The molecule has 1 heterocycles. The van der Waals surface area contributed by atoms with E-state index >= 15 is 0 Å². The van der Waals surface area contributed by atoms with E-state index < -0.39 is 11.5 Å². The van der Waals surface area contributed by atoms with E-state index in [1.165, 1.54) is 6.20 Å². The average molecular weight is 294 g/mol. The quantitative estimate of drug-likeness (QED) is 0.670. The van der Waals surface area contributed by atoms with E-state index in [0.717, 1.165) is 0 Å². The molecular formula is C13H12ClN3O3. The molecule has 0 saturated heterocycles. The van der Waals surface area contributed by atoms with Crippen LogP contribution in [0.4, 0.5) is 0 Å². The number of benzene rings is 1. The maximum absolute atomic E-state index is 11.7. The van der Waals surface area contributed by atoms with Crippen molar-refractivity contribution in [3.63, 3.8) is 0 Å². The predicted octanol–water partition coefficient (Wildman–Crippen LogP) is 2.10. The fourth-order valence-electron chi connectivity index (χ4n) is 1.59. The van der Waals surface area contributed by atoms with Gasteiger partial charge in [-0.3, -0.25) is 5.41 Å². The van der Waals surface area contributed by atoms with Crippen LogP contribution in [0.5, 0.6) is 0 Å². The van der Waals surface area contributed by atoms with Crippen LogP contribution in [0.2, 0.25) is 5.02 Å². The van der Waals surface area contributed by atoms with Crippen molar-refractivity contribution in [2.45, 2.75) is 6.92 Å². The third kappa shape index (κ3) is 2.80. The Morgan fingerprint density at radius 3 is 2.70 bits per heavy atom. The predicted molar refractivity (Wildman–Crippen MR) is 71.7 cm³/mol. The zero-order valence-corrected chi connectivity index (χ0v) is 11.4. The first kappa shape index (κ1) is 14.1. The molecule has 2 rings (SSSR count). The summed E-state index contributed by atoms with van der Waals surface area (Å²) in [5.41, 5.74) is 0.314. The van der Waals surface area contributed by atoms with E-state index in [2.05, 4.69) is 4.98 Å². The van der Waals surface area contributed by atoms with Crippen LogP contribution in [-0.2, 0) is 4.74 Å². The number of aromatic nitrogens is 2. The minimum absolute atomic E-state index is 0.163. The summed E-state index contributed by atoms with van der Waals surface area (Å²) in [6.07, 6.45) is 1.24. The fourth-order valence-corrected chi connectivity index (χ4v) is 1.72. The van der Waals surface area contributed by atoms with E-state index in [1.807, 2.05) is 0 Å². The van der Waals surface area contributed by atoms with Crippen molar-refractivity contribution in [2.24, 2.45) is 0 Å². The van der Waals surface area contributed by atoms with E-state index in [1.54, 1.807) is 31.2 Å². The van der Waals surface area contributed by atoms with Crippen molar-refractivity contribution >= 4 is 17.6 Å². The van der Waals surface area contributed by atoms with Crippen molar-refractivity contribution in [3.8, 4) is 11.3 Å². The summed E-state index contributed by atoms with van der Waals surface area (Å²) < 4.78 is 5.34. The third-order valence-corrected chi connectivity index (χ3v) is 2.79. The maximum Gasteiger partial charge on any atom is 0.360 e. The molecule has 0 bridgehead atoms. The lowest BCUT2D eigenvalue weighted by molar-refractivity contribution is 0.0508. The zero-order chi connectivity index (χ0) is 14.7. The molecular weight excluding hydrogens is 282 g/mol. The summed E-state index contributed by atoms with van der Waals surface area (Å²) in [6.45, 7) is 1.81. The summed E-state index contributed by atoms with van der Waals surface area (Å²) in [5, 5.41) is 17.9. The molecule has 0 radical (unpaired) electrons. The van der Waals surface area contributed by atoms with Gasteiger partial charge in [-0.15, -0.1) is 0 Å². The van der Waals surface area contributed by atoms with Crippen LogP contribution in [0.15, 0.2) is 30.5 Å². The molecule has 1 aromatic heterocycles. The van der Waals surface area contributed by atoms with E-state index in [4.69, 9.17) is 21.7 Å². The molecule has 0 fully saturated rings. The van der Waals surface area contributed by atoms with Gasteiger partial charge in [0.15, 0.2) is 11.2 Å². The molecule has 0 aliphatic heterocycles. The second kappa shape index (κ2) is 5.75. The highest BCUT2D eigenvalue weighted by molar-refractivity contribution is 6.30. The molecule has 0 aliphatic carbocycles. The maximum atomic E-state index is 11.7. The Morgan fingerprint density at radius 1 is 1.45 bits per heavy atom. The summed E-state index contributed by atoms with van der Waals surface area (Å²) in [4.78, 5) is 15.8. The smallest absolute Gasteiger partial charge is 0.360 e. The van der Waals surface area contributed by atoms with Gasteiger partial charge in [0.1, 0.15) is 0 Å². The van der Waals surface area contributed by atoms with Gasteiger partial charge < -0.3 is 9.94 Å². The fraction of sp³-hybridized carbons (Fsp3) is 0.154. The largest absolute Gasteiger partial charge is 0.461 e. The number of esters is 1. The lowest BCUT2D eigenvalue weighted by Crippen LogP contribution is -2.28. The standard InChI is InChI=1S/C13H12ClN3O3/c1-2-20-13(18)11-12(15)17(19)7-10(16-11)8-3-5-9(14)6-4-8/h3-7,15,19H,2H2,1H3. The van der Waals surface area contributed by atoms with Gasteiger partial charge in [-0.05, 0) is 19.1 Å². The highest BCUT2D eigenvalue weighted by atomic mass is 35.5. The molecule has 6 nitrogen and oxygen atoms in total. The summed E-state index contributed by atoms with van der Waals surface area (Å²) >= 11 is 5.80. The molecule has 7 heteroatoms. The first-order valence-corrected chi connectivity index (χ1v) is 6.21. The van der Waals surface area contributed by atoms with Crippen molar-refractivity contribution in [3.05, 3.63) is 46.7 Å². The Balaban J connectivity index is 2.53. The number of hydrogen-bond donors (Lipinski definition) is 2. The van der Waals surface area contributed by atoms with Gasteiger partial charge in [0.25, 0.3) is 0 Å². The molecule has 0 amide bonds. The molecule has 2 N–H and O–H groups in total. The summed E-state index contributed by atoms with van der Waals surface area (Å²) in [5.74, 6) is -0.754. The highest BCUT2D eigenvalue weighted by Crippen LogP contribution is 2.18. The second-order valence-electron chi connectivity index (χ2n) is 3.90. The Hall–Kier alpha value is -2.34. The SMILES string of the molecule is CCOC(=O)c1nc(-c2ccc(Cl)cc2)cn(O)c1=N. The van der Waals surface area contributed by atoms with E-state index in [9.17, 15) is 10.0 Å². The average Bonchev–Trinajstić information content (AvgIpc) is 2.43. The molecule has 0 spiro atoms. The van der Waals surface area contributed by atoms with Gasteiger partial charge in [0, 0.05) is 10.6 Å². The van der Waals surface area contributed by atoms with Crippen LogP contribution >= 0.6 is 11.6 Å². The number of nitrogens with zero attached hydrogens (tertiary/aromatic N) is 2. The lowest BCUT2D eigenvalue weighted by atomic mass is 10.1. The number of rotatable bonds is 3. The van der Waals surface area contributed by atoms with Gasteiger partial charge >= 0.3 is 5.97 Å². The van der Waals surface area contributed by atoms with Crippen molar-refractivity contribution in [1.29, 1.82) is 5.41 Å².